The van der Waals surface area contributed by atoms with E-state index in [9.17, 15) is 13.2 Å². The lowest BCUT2D eigenvalue weighted by atomic mass is 10.1. The van der Waals surface area contributed by atoms with E-state index in [0.29, 0.717) is 5.56 Å². The Morgan fingerprint density at radius 1 is 1.12 bits per heavy atom. The maximum atomic E-state index is 14.2. The molecule has 1 heterocycles. The second-order valence-electron chi connectivity index (χ2n) is 4.92. The first kappa shape index (κ1) is 16.5. The highest BCUT2D eigenvalue weighted by Crippen LogP contribution is 2.25. The van der Waals surface area contributed by atoms with E-state index in [1.54, 1.807) is 12.1 Å². The van der Waals surface area contributed by atoms with Crippen LogP contribution in [0.4, 0.5) is 18.9 Å². The molecular weight excluding hydrogens is 387 g/mol. The van der Waals surface area contributed by atoms with Crippen LogP contribution in [0.25, 0.3) is 11.5 Å². The van der Waals surface area contributed by atoms with Crippen molar-refractivity contribution in [2.45, 2.75) is 13.0 Å². The Kier molecular flexibility index (Phi) is 4.84. The molecule has 0 fully saturated rings. The van der Waals surface area contributed by atoms with Crippen molar-refractivity contribution >= 4 is 21.6 Å². The van der Waals surface area contributed by atoms with Gasteiger partial charge < -0.3 is 9.73 Å². The second-order valence-corrected chi connectivity index (χ2v) is 5.83. The van der Waals surface area contributed by atoms with Crippen LogP contribution in [-0.4, -0.2) is 10.2 Å². The van der Waals surface area contributed by atoms with Crippen molar-refractivity contribution in [1.82, 2.24) is 10.2 Å². The molecular formula is C16H11BrF3N3O. The van der Waals surface area contributed by atoms with Crippen LogP contribution in [0.5, 0.6) is 0 Å². The fourth-order valence-corrected chi connectivity index (χ4v) is 2.46. The van der Waals surface area contributed by atoms with Gasteiger partial charge in [0.05, 0.1) is 0 Å². The van der Waals surface area contributed by atoms with Crippen LogP contribution in [0.15, 0.2) is 51.4 Å². The van der Waals surface area contributed by atoms with E-state index in [4.69, 9.17) is 4.42 Å². The summed E-state index contributed by atoms with van der Waals surface area (Å²) in [4.78, 5) is 0. The summed E-state index contributed by atoms with van der Waals surface area (Å²) in [5.41, 5.74) is 1.51. The molecule has 24 heavy (non-hydrogen) atoms. The molecule has 2 aromatic carbocycles. The molecule has 0 atom stereocenters. The fourth-order valence-electron chi connectivity index (χ4n) is 2.06. The number of rotatable bonds is 5. The maximum absolute atomic E-state index is 14.2. The summed E-state index contributed by atoms with van der Waals surface area (Å²) in [6.07, 6.45) is -2.86. The van der Waals surface area contributed by atoms with Crippen LogP contribution in [0.3, 0.4) is 0 Å². The third kappa shape index (κ3) is 3.76. The molecule has 1 N–H and O–H groups in total. The van der Waals surface area contributed by atoms with Crippen LogP contribution >= 0.6 is 15.9 Å². The van der Waals surface area contributed by atoms with Gasteiger partial charge in [-0.1, -0.05) is 28.1 Å². The maximum Gasteiger partial charge on any atom is 0.314 e. The molecule has 0 bridgehead atoms. The molecule has 0 unspecified atom stereocenters. The predicted molar refractivity (Wildman–Crippen MR) is 86.1 cm³/mol. The Morgan fingerprint density at radius 2 is 1.96 bits per heavy atom. The molecule has 0 amide bonds. The number of nitrogens with zero attached hydrogens (tertiary/aromatic N) is 2. The molecule has 0 aliphatic rings. The van der Waals surface area contributed by atoms with Gasteiger partial charge in [0.2, 0.25) is 5.89 Å². The van der Waals surface area contributed by atoms with Gasteiger partial charge >= 0.3 is 6.43 Å². The number of nitrogens with one attached hydrogen (secondary N) is 1. The standard InChI is InChI=1S/C16H11BrF3N3O/c17-11-2-1-3-12(7-11)21-8-10-5-4-9(6-13(10)18)15-22-23-16(24-15)14(19)20/h1-7,14,21H,8H2. The summed E-state index contributed by atoms with van der Waals surface area (Å²) in [6.45, 7) is 0.273. The fraction of sp³-hybridized carbons (Fsp3) is 0.125. The lowest BCUT2D eigenvalue weighted by Gasteiger charge is -2.08. The van der Waals surface area contributed by atoms with Crippen molar-refractivity contribution in [2.24, 2.45) is 0 Å². The van der Waals surface area contributed by atoms with Gasteiger partial charge in [0.15, 0.2) is 0 Å². The van der Waals surface area contributed by atoms with E-state index in [0.717, 1.165) is 10.2 Å². The molecule has 0 radical (unpaired) electrons. The topological polar surface area (TPSA) is 51.0 Å². The van der Waals surface area contributed by atoms with E-state index in [-0.39, 0.29) is 18.0 Å². The first-order valence-corrected chi connectivity index (χ1v) is 7.72. The number of benzene rings is 2. The number of alkyl halides is 2. The van der Waals surface area contributed by atoms with Gasteiger partial charge in [-0.05, 0) is 30.3 Å². The second kappa shape index (κ2) is 7.04. The van der Waals surface area contributed by atoms with E-state index in [2.05, 4.69) is 31.4 Å². The highest BCUT2D eigenvalue weighted by atomic mass is 79.9. The first-order valence-electron chi connectivity index (χ1n) is 6.93. The van der Waals surface area contributed by atoms with E-state index in [1.165, 1.54) is 6.07 Å². The van der Waals surface area contributed by atoms with Gasteiger partial charge in [0.25, 0.3) is 5.89 Å². The highest BCUT2D eigenvalue weighted by molar-refractivity contribution is 9.10. The van der Waals surface area contributed by atoms with Gasteiger partial charge in [-0.25, -0.2) is 4.39 Å². The summed E-state index contributed by atoms with van der Waals surface area (Å²) in [6, 6.07) is 11.8. The minimum atomic E-state index is -2.86. The van der Waals surface area contributed by atoms with Gasteiger partial charge in [-0.3, -0.25) is 0 Å². The average Bonchev–Trinajstić information content (AvgIpc) is 3.04. The van der Waals surface area contributed by atoms with E-state index >= 15 is 0 Å². The molecule has 0 saturated heterocycles. The molecule has 124 valence electrons. The van der Waals surface area contributed by atoms with Crippen molar-refractivity contribution < 1.29 is 17.6 Å². The molecule has 3 rings (SSSR count). The van der Waals surface area contributed by atoms with E-state index < -0.39 is 18.1 Å². The Morgan fingerprint density at radius 3 is 2.62 bits per heavy atom. The SMILES string of the molecule is Fc1cc(-c2nnc(C(F)F)o2)ccc1CNc1cccc(Br)c1. The Hall–Kier alpha value is -2.35. The van der Waals surface area contributed by atoms with Crippen molar-refractivity contribution in [2.75, 3.05) is 5.32 Å². The molecule has 8 heteroatoms. The molecule has 1 aromatic heterocycles. The zero-order chi connectivity index (χ0) is 17.1. The molecule has 4 nitrogen and oxygen atoms in total. The van der Waals surface area contributed by atoms with Crippen molar-refractivity contribution in [1.29, 1.82) is 0 Å². The van der Waals surface area contributed by atoms with Gasteiger partial charge in [0.1, 0.15) is 5.82 Å². The zero-order valence-corrected chi connectivity index (χ0v) is 13.7. The first-order chi connectivity index (χ1) is 11.5. The summed E-state index contributed by atoms with van der Waals surface area (Å²) in [7, 11) is 0. The summed E-state index contributed by atoms with van der Waals surface area (Å²) >= 11 is 3.36. The smallest absolute Gasteiger partial charge is 0.314 e. The minimum absolute atomic E-state index is 0.143. The largest absolute Gasteiger partial charge is 0.415 e. The molecule has 0 aliphatic heterocycles. The predicted octanol–water partition coefficient (Wildman–Crippen LogP) is 5.19. The van der Waals surface area contributed by atoms with E-state index in [1.807, 2.05) is 24.3 Å². The molecule has 3 aromatic rings. The summed E-state index contributed by atoms with van der Waals surface area (Å²) in [5, 5.41) is 9.82. The monoisotopic (exact) mass is 397 g/mol. The van der Waals surface area contributed by atoms with Crippen molar-refractivity contribution in [3.8, 4) is 11.5 Å². The lowest BCUT2D eigenvalue weighted by Crippen LogP contribution is -2.02. The highest BCUT2D eigenvalue weighted by Gasteiger charge is 2.17. The Labute approximate surface area is 143 Å². The summed E-state index contributed by atoms with van der Waals surface area (Å²) < 4.78 is 44.8. The molecule has 0 spiro atoms. The molecule has 0 aliphatic carbocycles. The third-order valence-corrected chi connectivity index (χ3v) is 3.73. The number of halogens is 4. The van der Waals surface area contributed by atoms with Crippen molar-refractivity contribution in [3.05, 3.63) is 64.2 Å². The lowest BCUT2D eigenvalue weighted by molar-refractivity contribution is 0.116. The summed E-state index contributed by atoms with van der Waals surface area (Å²) in [5.74, 6) is -1.42. The number of hydrogen-bond acceptors (Lipinski definition) is 4. The van der Waals surface area contributed by atoms with Crippen LogP contribution in [0.2, 0.25) is 0 Å². The van der Waals surface area contributed by atoms with Crippen LogP contribution in [0.1, 0.15) is 17.9 Å². The normalized spacial score (nSPS) is 11.0. The number of anilines is 1. The Bertz CT molecular complexity index is 854. The van der Waals surface area contributed by atoms with Gasteiger partial charge in [0, 0.05) is 27.8 Å². The minimum Gasteiger partial charge on any atom is -0.415 e. The van der Waals surface area contributed by atoms with Gasteiger partial charge in [-0.15, -0.1) is 10.2 Å². The van der Waals surface area contributed by atoms with Crippen LogP contribution in [-0.2, 0) is 6.54 Å². The average molecular weight is 398 g/mol. The zero-order valence-electron chi connectivity index (χ0n) is 12.1. The quantitative estimate of drug-likeness (QED) is 0.643. The number of aromatic nitrogens is 2. The third-order valence-electron chi connectivity index (χ3n) is 3.23. The van der Waals surface area contributed by atoms with Gasteiger partial charge in [-0.2, -0.15) is 8.78 Å². The Balaban J connectivity index is 1.74. The van der Waals surface area contributed by atoms with Crippen molar-refractivity contribution in [3.63, 3.8) is 0 Å². The molecule has 0 saturated carbocycles. The van der Waals surface area contributed by atoms with Crippen LogP contribution in [0, 0.1) is 5.82 Å². The number of hydrogen-bond donors (Lipinski definition) is 1. The van der Waals surface area contributed by atoms with Crippen LogP contribution < -0.4 is 5.32 Å².